The zero-order valence-corrected chi connectivity index (χ0v) is 14.3. The fraction of sp³-hybridized carbons (Fsp3) is 0.350. The Morgan fingerprint density at radius 3 is 2.61 bits per heavy atom. The van der Waals surface area contributed by atoms with Crippen molar-refractivity contribution in [3.8, 4) is 0 Å². The van der Waals surface area contributed by atoms with Gasteiger partial charge in [-0.15, -0.1) is 0 Å². The number of nitrogens with zero attached hydrogens (tertiary/aromatic N) is 1. The zero-order valence-electron chi connectivity index (χ0n) is 13.5. The monoisotopic (exact) mass is 327 g/mol. The number of fused-ring (bicyclic) bond motifs is 1. The van der Waals surface area contributed by atoms with Crippen molar-refractivity contribution < 1.29 is 4.79 Å². The number of rotatable bonds is 4. The highest BCUT2D eigenvalue weighted by atomic mass is 35.5. The maximum absolute atomic E-state index is 12.5. The number of hydrogen-bond donors (Lipinski definition) is 0. The quantitative estimate of drug-likeness (QED) is 0.814. The highest BCUT2D eigenvalue weighted by molar-refractivity contribution is 6.30. The molecule has 0 aromatic heterocycles. The highest BCUT2D eigenvalue weighted by Gasteiger charge is 2.13. The fourth-order valence-electron chi connectivity index (χ4n) is 3.20. The van der Waals surface area contributed by atoms with Crippen molar-refractivity contribution in [2.75, 3.05) is 7.05 Å². The molecule has 1 aliphatic carbocycles. The smallest absolute Gasteiger partial charge is 0.227 e. The van der Waals surface area contributed by atoms with Crippen LogP contribution in [0.1, 0.15) is 35.1 Å². The van der Waals surface area contributed by atoms with E-state index in [1.54, 1.807) is 4.90 Å². The summed E-state index contributed by atoms with van der Waals surface area (Å²) in [5.41, 5.74) is 5.06. The van der Waals surface area contributed by atoms with Gasteiger partial charge in [-0.1, -0.05) is 41.9 Å². The number of likely N-dealkylation sites (N-methyl/N-ethyl adjacent to an activating group) is 1. The van der Waals surface area contributed by atoms with Crippen LogP contribution in [0.15, 0.2) is 42.5 Å². The number of carbonyl (C=O) groups excluding carboxylic acids is 1. The molecule has 0 bridgehead atoms. The fourth-order valence-corrected chi connectivity index (χ4v) is 3.42. The van der Waals surface area contributed by atoms with Crippen LogP contribution in [0.4, 0.5) is 0 Å². The van der Waals surface area contributed by atoms with E-state index in [1.165, 1.54) is 30.4 Å². The summed E-state index contributed by atoms with van der Waals surface area (Å²) in [4.78, 5) is 14.2. The van der Waals surface area contributed by atoms with E-state index < -0.39 is 0 Å². The number of amides is 1. The molecule has 120 valence electrons. The Morgan fingerprint density at radius 1 is 1.04 bits per heavy atom. The predicted molar refractivity (Wildman–Crippen MR) is 94.7 cm³/mol. The molecule has 0 saturated carbocycles. The number of hydrogen-bond acceptors (Lipinski definition) is 1. The van der Waals surface area contributed by atoms with Crippen molar-refractivity contribution in [1.29, 1.82) is 0 Å². The molecule has 2 nitrogen and oxygen atoms in total. The Labute approximate surface area is 143 Å². The van der Waals surface area contributed by atoms with Gasteiger partial charge in [-0.05, 0) is 60.1 Å². The van der Waals surface area contributed by atoms with Gasteiger partial charge in [0, 0.05) is 18.6 Å². The lowest BCUT2D eigenvalue weighted by Gasteiger charge is -2.19. The Balaban J connectivity index is 1.64. The largest absolute Gasteiger partial charge is 0.341 e. The number of aryl methyl sites for hydroxylation is 2. The van der Waals surface area contributed by atoms with E-state index in [-0.39, 0.29) is 5.91 Å². The van der Waals surface area contributed by atoms with Crippen molar-refractivity contribution in [3.63, 3.8) is 0 Å². The summed E-state index contributed by atoms with van der Waals surface area (Å²) < 4.78 is 0. The van der Waals surface area contributed by atoms with Gasteiger partial charge in [-0.25, -0.2) is 0 Å². The third-order valence-corrected chi connectivity index (χ3v) is 4.74. The highest BCUT2D eigenvalue weighted by Crippen LogP contribution is 2.22. The lowest BCUT2D eigenvalue weighted by atomic mass is 9.90. The molecule has 0 spiro atoms. The second kappa shape index (κ2) is 7.18. The summed E-state index contributed by atoms with van der Waals surface area (Å²) in [5.74, 6) is 0.140. The molecule has 1 aliphatic rings. The topological polar surface area (TPSA) is 20.3 Å². The molecule has 1 amide bonds. The van der Waals surface area contributed by atoms with Crippen molar-refractivity contribution in [2.45, 2.75) is 38.6 Å². The van der Waals surface area contributed by atoms with Crippen molar-refractivity contribution in [2.24, 2.45) is 0 Å². The first-order chi connectivity index (χ1) is 11.1. The van der Waals surface area contributed by atoms with E-state index in [0.29, 0.717) is 18.0 Å². The van der Waals surface area contributed by atoms with E-state index >= 15 is 0 Å². The van der Waals surface area contributed by atoms with Gasteiger partial charge in [0.1, 0.15) is 0 Å². The predicted octanol–water partition coefficient (Wildman–Crippen LogP) is 4.42. The van der Waals surface area contributed by atoms with Crippen LogP contribution in [0.2, 0.25) is 5.02 Å². The van der Waals surface area contributed by atoms with Gasteiger partial charge in [0.2, 0.25) is 5.91 Å². The summed E-state index contributed by atoms with van der Waals surface area (Å²) in [6.45, 7) is 0.588. The van der Waals surface area contributed by atoms with Crippen molar-refractivity contribution in [3.05, 3.63) is 69.7 Å². The lowest BCUT2D eigenvalue weighted by molar-refractivity contribution is -0.129. The zero-order chi connectivity index (χ0) is 16.2. The first kappa shape index (κ1) is 16.1. The second-order valence-corrected chi connectivity index (χ2v) is 6.80. The molecule has 3 heteroatoms. The summed E-state index contributed by atoms with van der Waals surface area (Å²) in [6.07, 6.45) is 5.34. The van der Waals surface area contributed by atoms with Gasteiger partial charge in [0.05, 0.1) is 6.42 Å². The van der Waals surface area contributed by atoms with E-state index in [4.69, 9.17) is 11.6 Å². The minimum atomic E-state index is 0.140. The normalized spacial score (nSPS) is 13.5. The minimum Gasteiger partial charge on any atom is -0.341 e. The Morgan fingerprint density at radius 2 is 1.83 bits per heavy atom. The van der Waals surface area contributed by atoms with Crippen LogP contribution < -0.4 is 0 Å². The maximum atomic E-state index is 12.5. The Hall–Kier alpha value is -1.80. The first-order valence-corrected chi connectivity index (χ1v) is 8.59. The van der Waals surface area contributed by atoms with Crippen LogP contribution in [-0.4, -0.2) is 17.9 Å². The Kier molecular flexibility index (Phi) is 5.02. The average Bonchev–Trinajstić information content (AvgIpc) is 2.54. The van der Waals surface area contributed by atoms with E-state index in [2.05, 4.69) is 18.2 Å². The molecule has 0 saturated heterocycles. The molecule has 2 aromatic rings. The molecule has 0 heterocycles. The molecule has 0 fully saturated rings. The van der Waals surface area contributed by atoms with Crippen LogP contribution in [0.5, 0.6) is 0 Å². The molecule has 0 radical (unpaired) electrons. The molecule has 0 aliphatic heterocycles. The summed E-state index contributed by atoms with van der Waals surface area (Å²) in [7, 11) is 1.85. The Bertz CT molecular complexity index is 711. The van der Waals surface area contributed by atoms with Gasteiger partial charge in [0.15, 0.2) is 0 Å². The van der Waals surface area contributed by atoms with Gasteiger partial charge in [0.25, 0.3) is 0 Å². The first-order valence-electron chi connectivity index (χ1n) is 8.21. The van der Waals surface area contributed by atoms with E-state index in [1.807, 2.05) is 31.3 Å². The SMILES string of the molecule is CN(Cc1cccc(Cl)c1)C(=O)Cc1ccc2c(c1)CCCC2. The minimum absolute atomic E-state index is 0.140. The van der Waals surface area contributed by atoms with Crippen LogP contribution in [0, 0.1) is 0 Å². The summed E-state index contributed by atoms with van der Waals surface area (Å²) in [5, 5.41) is 0.707. The summed E-state index contributed by atoms with van der Waals surface area (Å²) >= 11 is 6.00. The molecule has 0 N–H and O–H groups in total. The maximum Gasteiger partial charge on any atom is 0.227 e. The van der Waals surface area contributed by atoms with Crippen molar-refractivity contribution in [1.82, 2.24) is 4.90 Å². The number of halogens is 1. The van der Waals surface area contributed by atoms with Gasteiger partial charge >= 0.3 is 0 Å². The standard InChI is InChI=1S/C20H22ClNO/c1-22(14-16-5-4-8-19(21)12-16)20(23)13-15-9-10-17-6-2-3-7-18(17)11-15/h4-5,8-12H,2-3,6-7,13-14H2,1H3. The third-order valence-electron chi connectivity index (χ3n) is 4.50. The number of benzene rings is 2. The van der Waals surface area contributed by atoms with Crippen LogP contribution in [-0.2, 0) is 30.6 Å². The van der Waals surface area contributed by atoms with Crippen LogP contribution in [0.3, 0.4) is 0 Å². The number of carbonyl (C=O) groups is 1. The van der Waals surface area contributed by atoms with Gasteiger partial charge in [-0.3, -0.25) is 4.79 Å². The van der Waals surface area contributed by atoms with Gasteiger partial charge in [-0.2, -0.15) is 0 Å². The van der Waals surface area contributed by atoms with E-state index in [9.17, 15) is 4.79 Å². The molecule has 23 heavy (non-hydrogen) atoms. The van der Waals surface area contributed by atoms with E-state index in [0.717, 1.165) is 17.5 Å². The molecule has 0 unspecified atom stereocenters. The van der Waals surface area contributed by atoms with Gasteiger partial charge < -0.3 is 4.90 Å². The van der Waals surface area contributed by atoms with Crippen molar-refractivity contribution >= 4 is 17.5 Å². The average molecular weight is 328 g/mol. The van der Waals surface area contributed by atoms with Crippen LogP contribution >= 0.6 is 11.6 Å². The molecular weight excluding hydrogens is 306 g/mol. The third kappa shape index (κ3) is 4.14. The molecular formula is C20H22ClNO. The molecule has 2 aromatic carbocycles. The molecule has 3 rings (SSSR count). The lowest BCUT2D eigenvalue weighted by Crippen LogP contribution is -2.27. The summed E-state index contributed by atoms with van der Waals surface area (Å²) in [6, 6.07) is 14.2. The molecule has 0 atom stereocenters. The second-order valence-electron chi connectivity index (χ2n) is 6.37. The van der Waals surface area contributed by atoms with Crippen LogP contribution in [0.25, 0.3) is 0 Å².